The van der Waals surface area contributed by atoms with Crippen molar-refractivity contribution < 1.29 is 5.11 Å². The number of H-pyrrole nitrogens is 1. The van der Waals surface area contributed by atoms with Crippen LogP contribution in [-0.2, 0) is 6.61 Å². The van der Waals surface area contributed by atoms with E-state index in [2.05, 4.69) is 9.97 Å². The number of fused-ring (bicyclic) bond motifs is 1. The topological polar surface area (TPSA) is 66.0 Å². The lowest BCUT2D eigenvalue weighted by atomic mass is 10.2. The maximum Gasteiger partial charge on any atom is 0.280 e. The molecule has 1 aromatic carbocycles. The summed E-state index contributed by atoms with van der Waals surface area (Å²) in [6.45, 7) is -0.0275. The second-order valence-corrected chi connectivity index (χ2v) is 2.75. The molecular weight excluding hydrogens is 168 g/mol. The molecule has 0 unspecified atom stereocenters. The van der Waals surface area contributed by atoms with Crippen LogP contribution in [0.2, 0.25) is 0 Å². The van der Waals surface area contributed by atoms with Crippen LogP contribution in [0.3, 0.4) is 0 Å². The average Bonchev–Trinajstić information content (AvgIpc) is 2.18. The Morgan fingerprint density at radius 1 is 1.46 bits per heavy atom. The molecule has 0 saturated heterocycles. The van der Waals surface area contributed by atoms with E-state index in [0.717, 1.165) is 5.56 Å². The largest absolute Gasteiger partial charge is 0.392 e. The number of nitrogens with zero attached hydrogens (tertiary/aromatic N) is 1. The van der Waals surface area contributed by atoms with Crippen molar-refractivity contribution in [2.24, 2.45) is 0 Å². The van der Waals surface area contributed by atoms with Crippen molar-refractivity contribution in [3.05, 3.63) is 40.4 Å². The van der Waals surface area contributed by atoms with Gasteiger partial charge in [-0.2, -0.15) is 4.98 Å². The number of aromatic nitrogens is 2. The third kappa shape index (κ3) is 1.31. The van der Waals surface area contributed by atoms with Gasteiger partial charge in [-0.05, 0) is 17.7 Å². The average molecular weight is 176 g/mol. The molecule has 2 rings (SSSR count). The SMILES string of the molecule is O=c1nc[nH]c2cc(CO)ccc12. The molecule has 4 nitrogen and oxygen atoms in total. The van der Waals surface area contributed by atoms with Crippen LogP contribution >= 0.6 is 0 Å². The fourth-order valence-corrected chi connectivity index (χ4v) is 1.23. The van der Waals surface area contributed by atoms with E-state index in [9.17, 15) is 4.79 Å². The van der Waals surface area contributed by atoms with E-state index in [1.165, 1.54) is 6.33 Å². The molecule has 2 aromatic rings. The fourth-order valence-electron chi connectivity index (χ4n) is 1.23. The quantitative estimate of drug-likeness (QED) is 0.661. The molecule has 1 heterocycles. The molecule has 4 heteroatoms. The summed E-state index contributed by atoms with van der Waals surface area (Å²) < 4.78 is 0. The van der Waals surface area contributed by atoms with E-state index in [1.807, 2.05) is 0 Å². The highest BCUT2D eigenvalue weighted by Gasteiger charge is 1.98. The first kappa shape index (κ1) is 7.94. The highest BCUT2D eigenvalue weighted by molar-refractivity contribution is 5.77. The Bertz CT molecular complexity index is 490. The van der Waals surface area contributed by atoms with Gasteiger partial charge in [0.05, 0.1) is 23.8 Å². The molecular formula is C9H8N2O2. The van der Waals surface area contributed by atoms with Gasteiger partial charge in [-0.15, -0.1) is 0 Å². The second-order valence-electron chi connectivity index (χ2n) is 2.75. The van der Waals surface area contributed by atoms with Crippen LogP contribution in [0.15, 0.2) is 29.3 Å². The predicted octanol–water partition coefficient (Wildman–Crippen LogP) is 0.415. The van der Waals surface area contributed by atoms with Gasteiger partial charge in [0.25, 0.3) is 5.56 Å². The zero-order chi connectivity index (χ0) is 9.26. The van der Waals surface area contributed by atoms with Crippen LogP contribution in [0.25, 0.3) is 10.9 Å². The van der Waals surface area contributed by atoms with Gasteiger partial charge >= 0.3 is 0 Å². The van der Waals surface area contributed by atoms with Gasteiger partial charge in [-0.3, -0.25) is 4.79 Å². The molecule has 0 fully saturated rings. The van der Waals surface area contributed by atoms with Crippen molar-refractivity contribution in [2.75, 3.05) is 0 Å². The van der Waals surface area contributed by atoms with Gasteiger partial charge in [0, 0.05) is 0 Å². The first-order chi connectivity index (χ1) is 6.31. The van der Waals surface area contributed by atoms with Crippen molar-refractivity contribution in [3.8, 4) is 0 Å². The van der Waals surface area contributed by atoms with Gasteiger partial charge in [-0.25, -0.2) is 0 Å². The summed E-state index contributed by atoms with van der Waals surface area (Å²) in [6.07, 6.45) is 1.35. The van der Waals surface area contributed by atoms with E-state index >= 15 is 0 Å². The lowest BCUT2D eigenvalue weighted by Crippen LogP contribution is -2.06. The number of aromatic amines is 1. The summed E-state index contributed by atoms with van der Waals surface area (Å²) in [6, 6.07) is 5.10. The second kappa shape index (κ2) is 2.99. The minimum Gasteiger partial charge on any atom is -0.392 e. The van der Waals surface area contributed by atoms with E-state index in [0.29, 0.717) is 10.9 Å². The standard InChI is InChI=1S/C9H8N2O2/c12-4-6-1-2-7-8(3-6)10-5-11-9(7)13/h1-3,5,12H,4H2,(H,10,11,13). The number of hydrogen-bond donors (Lipinski definition) is 2. The molecule has 1 aromatic heterocycles. The highest BCUT2D eigenvalue weighted by Crippen LogP contribution is 2.08. The number of aliphatic hydroxyl groups is 1. The lowest BCUT2D eigenvalue weighted by Gasteiger charge is -1.98. The Hall–Kier alpha value is -1.68. The molecule has 0 spiro atoms. The number of nitrogens with one attached hydrogen (secondary N) is 1. The van der Waals surface area contributed by atoms with E-state index < -0.39 is 0 Å². The third-order valence-electron chi connectivity index (χ3n) is 1.90. The zero-order valence-corrected chi connectivity index (χ0v) is 6.82. The minimum absolute atomic E-state index is 0.0275. The van der Waals surface area contributed by atoms with Gasteiger partial charge in [-0.1, -0.05) is 6.07 Å². The highest BCUT2D eigenvalue weighted by atomic mass is 16.3. The predicted molar refractivity (Wildman–Crippen MR) is 48.3 cm³/mol. The van der Waals surface area contributed by atoms with Crippen molar-refractivity contribution in [1.82, 2.24) is 9.97 Å². The smallest absolute Gasteiger partial charge is 0.280 e. The number of hydrogen-bond acceptors (Lipinski definition) is 3. The van der Waals surface area contributed by atoms with E-state index in [4.69, 9.17) is 5.11 Å². The van der Waals surface area contributed by atoms with Crippen molar-refractivity contribution in [2.45, 2.75) is 6.61 Å². The van der Waals surface area contributed by atoms with Crippen LogP contribution in [0.4, 0.5) is 0 Å². The van der Waals surface area contributed by atoms with Crippen LogP contribution in [0.1, 0.15) is 5.56 Å². The molecule has 0 bridgehead atoms. The van der Waals surface area contributed by atoms with Crippen LogP contribution < -0.4 is 5.56 Å². The Labute approximate surface area is 73.9 Å². The molecule has 0 aliphatic carbocycles. The minimum atomic E-state index is -0.252. The number of benzene rings is 1. The van der Waals surface area contributed by atoms with E-state index in [1.54, 1.807) is 18.2 Å². The fraction of sp³-hybridized carbons (Fsp3) is 0.111. The zero-order valence-electron chi connectivity index (χ0n) is 6.82. The molecule has 0 aliphatic rings. The van der Waals surface area contributed by atoms with Crippen molar-refractivity contribution >= 4 is 10.9 Å². The Kier molecular flexibility index (Phi) is 1.83. The molecule has 0 atom stereocenters. The van der Waals surface area contributed by atoms with Crippen molar-refractivity contribution in [1.29, 1.82) is 0 Å². The van der Waals surface area contributed by atoms with Crippen LogP contribution in [0.5, 0.6) is 0 Å². The summed E-state index contributed by atoms with van der Waals surface area (Å²) in [5.41, 5.74) is 1.22. The Morgan fingerprint density at radius 2 is 2.31 bits per heavy atom. The van der Waals surface area contributed by atoms with Crippen LogP contribution in [-0.4, -0.2) is 15.1 Å². The first-order valence-corrected chi connectivity index (χ1v) is 3.88. The maximum atomic E-state index is 11.2. The van der Waals surface area contributed by atoms with Gasteiger partial charge in [0.2, 0.25) is 0 Å². The molecule has 66 valence electrons. The summed E-state index contributed by atoms with van der Waals surface area (Å²) in [5, 5.41) is 9.40. The molecule has 0 amide bonds. The van der Waals surface area contributed by atoms with Gasteiger partial charge in [0.1, 0.15) is 0 Å². The van der Waals surface area contributed by atoms with Crippen molar-refractivity contribution in [3.63, 3.8) is 0 Å². The summed E-state index contributed by atoms with van der Waals surface area (Å²) >= 11 is 0. The molecule has 13 heavy (non-hydrogen) atoms. The number of aliphatic hydroxyl groups excluding tert-OH is 1. The first-order valence-electron chi connectivity index (χ1n) is 3.88. The van der Waals surface area contributed by atoms with Gasteiger partial charge in [0.15, 0.2) is 0 Å². The maximum absolute atomic E-state index is 11.2. The third-order valence-corrected chi connectivity index (χ3v) is 1.90. The summed E-state index contributed by atoms with van der Waals surface area (Å²) in [7, 11) is 0. The lowest BCUT2D eigenvalue weighted by molar-refractivity contribution is 0.282. The van der Waals surface area contributed by atoms with Gasteiger partial charge < -0.3 is 10.1 Å². The normalized spacial score (nSPS) is 10.5. The summed E-state index contributed by atoms with van der Waals surface area (Å²) in [4.78, 5) is 17.6. The Morgan fingerprint density at radius 3 is 3.08 bits per heavy atom. The van der Waals surface area contributed by atoms with Crippen LogP contribution in [0, 0.1) is 0 Å². The Balaban J connectivity index is 2.80. The van der Waals surface area contributed by atoms with E-state index in [-0.39, 0.29) is 12.2 Å². The summed E-state index contributed by atoms with van der Waals surface area (Å²) in [5.74, 6) is 0. The monoisotopic (exact) mass is 176 g/mol. The molecule has 0 aliphatic heterocycles. The molecule has 2 N–H and O–H groups in total. The number of rotatable bonds is 1. The molecule has 0 radical (unpaired) electrons. The molecule has 0 saturated carbocycles.